The van der Waals surface area contributed by atoms with Crippen molar-refractivity contribution in [1.29, 1.82) is 0 Å². The third-order valence-electron chi connectivity index (χ3n) is 4.31. The fraction of sp³-hybridized carbons (Fsp3) is 0.368. The molecule has 5 nitrogen and oxygen atoms in total. The summed E-state index contributed by atoms with van der Waals surface area (Å²) in [5.74, 6) is 0.645. The number of halogens is 1. The lowest BCUT2D eigenvalue weighted by Gasteiger charge is -2.25. The topological polar surface area (TPSA) is 49.9 Å². The first kappa shape index (κ1) is 20.7. The number of nitrogens with zero attached hydrogens (tertiary/aromatic N) is 2. The van der Waals surface area contributed by atoms with E-state index in [1.165, 1.54) is 18.4 Å². The maximum atomic E-state index is 12.0. The molecule has 0 fully saturated rings. The molecule has 26 heavy (non-hydrogen) atoms. The van der Waals surface area contributed by atoms with Crippen molar-refractivity contribution in [3.05, 3.63) is 59.1 Å². The van der Waals surface area contributed by atoms with Gasteiger partial charge in [0.1, 0.15) is 12.4 Å². The second-order valence-corrected chi connectivity index (χ2v) is 8.91. The molecule has 0 amide bonds. The molecule has 0 aromatic heterocycles. The summed E-state index contributed by atoms with van der Waals surface area (Å²) >= 11 is 6.05. The van der Waals surface area contributed by atoms with Crippen LogP contribution in [0.5, 0.6) is 5.75 Å². The van der Waals surface area contributed by atoms with Gasteiger partial charge in [0.25, 0.3) is 0 Å². The zero-order valence-corrected chi connectivity index (χ0v) is 17.1. The molecular weight excluding hydrogens is 372 g/mol. The van der Waals surface area contributed by atoms with Crippen LogP contribution in [-0.2, 0) is 10.0 Å². The standard InChI is InChI=1S/C19H25ClN2O3S/c1-15(16-6-5-7-17(20)14-16)22(4)12-13-25-18-8-10-19(11-9-18)26(23,24)21(2)3/h5-11,14-15H,12-13H2,1-4H3. The highest BCUT2D eigenvalue weighted by atomic mass is 35.5. The minimum atomic E-state index is -3.41. The Morgan fingerprint density at radius 3 is 2.31 bits per heavy atom. The van der Waals surface area contributed by atoms with Crippen molar-refractivity contribution in [2.75, 3.05) is 34.3 Å². The van der Waals surface area contributed by atoms with Crippen LogP contribution in [0.25, 0.3) is 0 Å². The Balaban J connectivity index is 1.89. The third-order valence-corrected chi connectivity index (χ3v) is 6.37. The van der Waals surface area contributed by atoms with E-state index in [0.29, 0.717) is 12.4 Å². The van der Waals surface area contributed by atoms with E-state index in [1.807, 2.05) is 25.2 Å². The summed E-state index contributed by atoms with van der Waals surface area (Å²) in [5, 5.41) is 0.728. The number of ether oxygens (including phenoxy) is 1. The summed E-state index contributed by atoms with van der Waals surface area (Å²) < 4.78 is 31.0. The van der Waals surface area contributed by atoms with E-state index < -0.39 is 10.0 Å². The van der Waals surface area contributed by atoms with Crippen LogP contribution in [0.2, 0.25) is 5.02 Å². The molecule has 2 rings (SSSR count). The average molecular weight is 397 g/mol. The Hall–Kier alpha value is -1.60. The molecule has 0 saturated heterocycles. The monoisotopic (exact) mass is 396 g/mol. The third kappa shape index (κ3) is 5.20. The summed E-state index contributed by atoms with van der Waals surface area (Å²) in [5.41, 5.74) is 1.15. The van der Waals surface area contributed by atoms with Gasteiger partial charge in [-0.3, -0.25) is 4.90 Å². The number of rotatable bonds is 8. The minimum Gasteiger partial charge on any atom is -0.492 e. The predicted octanol–water partition coefficient (Wildman–Crippen LogP) is 3.66. The number of benzene rings is 2. The molecule has 0 aliphatic carbocycles. The maximum absolute atomic E-state index is 12.0. The Labute approximate surface area is 161 Å². The molecule has 0 N–H and O–H groups in total. The van der Waals surface area contributed by atoms with E-state index >= 15 is 0 Å². The van der Waals surface area contributed by atoms with E-state index in [4.69, 9.17) is 16.3 Å². The zero-order chi connectivity index (χ0) is 19.3. The van der Waals surface area contributed by atoms with E-state index in [0.717, 1.165) is 17.1 Å². The van der Waals surface area contributed by atoms with E-state index in [-0.39, 0.29) is 10.9 Å². The smallest absolute Gasteiger partial charge is 0.242 e. The van der Waals surface area contributed by atoms with Crippen LogP contribution in [-0.4, -0.2) is 51.9 Å². The van der Waals surface area contributed by atoms with Gasteiger partial charge in [0, 0.05) is 31.7 Å². The van der Waals surface area contributed by atoms with E-state index in [2.05, 4.69) is 17.9 Å². The number of hydrogen-bond donors (Lipinski definition) is 0. The first-order valence-electron chi connectivity index (χ1n) is 8.33. The van der Waals surface area contributed by atoms with Gasteiger partial charge in [-0.2, -0.15) is 0 Å². The molecule has 0 heterocycles. The van der Waals surface area contributed by atoms with Crippen LogP contribution < -0.4 is 4.74 Å². The molecule has 142 valence electrons. The van der Waals surface area contributed by atoms with Gasteiger partial charge in [-0.15, -0.1) is 0 Å². The molecule has 2 aromatic carbocycles. The van der Waals surface area contributed by atoms with Crippen molar-refractivity contribution in [2.45, 2.75) is 17.9 Å². The average Bonchev–Trinajstić information content (AvgIpc) is 2.61. The number of sulfonamides is 1. The van der Waals surface area contributed by atoms with Crippen LogP contribution >= 0.6 is 11.6 Å². The van der Waals surface area contributed by atoms with Crippen molar-refractivity contribution in [2.24, 2.45) is 0 Å². The molecule has 0 radical (unpaired) electrons. The highest BCUT2D eigenvalue weighted by Crippen LogP contribution is 2.22. The normalized spacial score (nSPS) is 13.2. The molecule has 2 aromatic rings. The van der Waals surface area contributed by atoms with Gasteiger partial charge in [0.2, 0.25) is 10.0 Å². The Bertz CT molecular complexity index is 823. The quantitative estimate of drug-likeness (QED) is 0.683. The molecule has 1 atom stereocenters. The van der Waals surface area contributed by atoms with Crippen LogP contribution in [0.15, 0.2) is 53.4 Å². The lowest BCUT2D eigenvalue weighted by Crippen LogP contribution is -2.27. The summed E-state index contributed by atoms with van der Waals surface area (Å²) in [6.07, 6.45) is 0. The Morgan fingerprint density at radius 1 is 1.08 bits per heavy atom. The van der Waals surface area contributed by atoms with Crippen LogP contribution in [0.3, 0.4) is 0 Å². The highest BCUT2D eigenvalue weighted by Gasteiger charge is 2.17. The molecular formula is C19H25ClN2O3S. The van der Waals surface area contributed by atoms with Crippen LogP contribution in [0.4, 0.5) is 0 Å². The molecule has 0 aliphatic heterocycles. The fourth-order valence-corrected chi connectivity index (χ4v) is 3.54. The molecule has 0 saturated carbocycles. The van der Waals surface area contributed by atoms with Crippen LogP contribution in [0, 0.1) is 0 Å². The van der Waals surface area contributed by atoms with E-state index in [9.17, 15) is 8.42 Å². The van der Waals surface area contributed by atoms with Crippen molar-refractivity contribution < 1.29 is 13.2 Å². The summed E-state index contributed by atoms with van der Waals surface area (Å²) in [6, 6.07) is 14.5. The van der Waals surface area contributed by atoms with Gasteiger partial charge in [-0.25, -0.2) is 12.7 Å². The second-order valence-electron chi connectivity index (χ2n) is 6.32. The molecule has 1 unspecified atom stereocenters. The van der Waals surface area contributed by atoms with Crippen molar-refractivity contribution >= 4 is 21.6 Å². The summed E-state index contributed by atoms with van der Waals surface area (Å²) in [4.78, 5) is 2.43. The Kier molecular flexibility index (Phi) is 7.06. The minimum absolute atomic E-state index is 0.213. The summed E-state index contributed by atoms with van der Waals surface area (Å²) in [6.45, 7) is 3.35. The second kappa shape index (κ2) is 8.86. The van der Waals surface area contributed by atoms with Crippen molar-refractivity contribution in [3.8, 4) is 5.75 Å². The van der Waals surface area contributed by atoms with E-state index in [1.54, 1.807) is 24.3 Å². The van der Waals surface area contributed by atoms with Crippen molar-refractivity contribution in [3.63, 3.8) is 0 Å². The molecule has 0 aliphatic rings. The van der Waals surface area contributed by atoms with Crippen molar-refractivity contribution in [1.82, 2.24) is 9.21 Å². The zero-order valence-electron chi connectivity index (χ0n) is 15.5. The first-order chi connectivity index (χ1) is 12.2. The molecule has 0 bridgehead atoms. The van der Waals surface area contributed by atoms with Gasteiger partial charge in [0.05, 0.1) is 4.90 Å². The predicted molar refractivity (Wildman–Crippen MR) is 105 cm³/mol. The lowest BCUT2D eigenvalue weighted by atomic mass is 10.1. The van der Waals surface area contributed by atoms with Gasteiger partial charge in [-0.05, 0) is 55.9 Å². The van der Waals surface area contributed by atoms with Gasteiger partial charge in [0.15, 0.2) is 0 Å². The van der Waals surface area contributed by atoms with Gasteiger partial charge < -0.3 is 4.74 Å². The molecule has 0 spiro atoms. The highest BCUT2D eigenvalue weighted by molar-refractivity contribution is 7.89. The maximum Gasteiger partial charge on any atom is 0.242 e. The summed E-state index contributed by atoms with van der Waals surface area (Å²) in [7, 11) is 1.64. The largest absolute Gasteiger partial charge is 0.492 e. The first-order valence-corrected chi connectivity index (χ1v) is 10.1. The van der Waals surface area contributed by atoms with Crippen LogP contribution in [0.1, 0.15) is 18.5 Å². The number of hydrogen-bond acceptors (Lipinski definition) is 4. The SMILES string of the molecule is CC(c1cccc(Cl)c1)N(C)CCOc1ccc(S(=O)(=O)N(C)C)cc1. The number of likely N-dealkylation sites (N-methyl/N-ethyl adjacent to an activating group) is 1. The van der Waals surface area contributed by atoms with Gasteiger partial charge in [-0.1, -0.05) is 23.7 Å². The fourth-order valence-electron chi connectivity index (χ4n) is 2.44. The molecule has 7 heteroatoms. The van der Waals surface area contributed by atoms with Gasteiger partial charge >= 0.3 is 0 Å². The Morgan fingerprint density at radius 2 is 1.73 bits per heavy atom. The lowest BCUT2D eigenvalue weighted by molar-refractivity contribution is 0.201.